The highest BCUT2D eigenvalue weighted by Gasteiger charge is 2.27. The number of ether oxygens (including phenoxy) is 2. The first-order valence-corrected chi connectivity index (χ1v) is 9.36. The molecule has 0 unspecified atom stereocenters. The van der Waals surface area contributed by atoms with Gasteiger partial charge < -0.3 is 14.4 Å². The predicted octanol–water partition coefficient (Wildman–Crippen LogP) is 4.25. The van der Waals surface area contributed by atoms with Crippen LogP contribution in [-0.2, 0) is 4.79 Å². The van der Waals surface area contributed by atoms with Crippen LogP contribution in [0.5, 0.6) is 11.5 Å². The van der Waals surface area contributed by atoms with Gasteiger partial charge >= 0.3 is 0 Å². The average Bonchev–Trinajstić information content (AvgIpc) is 2.74. The molecule has 0 bridgehead atoms. The molecule has 0 heterocycles. The molecule has 5 heteroatoms. The summed E-state index contributed by atoms with van der Waals surface area (Å²) in [4.78, 5) is 26.2. The van der Waals surface area contributed by atoms with Crippen molar-refractivity contribution in [3.05, 3.63) is 54.1 Å². The predicted molar refractivity (Wildman–Crippen MR) is 105 cm³/mol. The third-order valence-electron chi connectivity index (χ3n) is 4.94. The Hall–Kier alpha value is -2.82. The van der Waals surface area contributed by atoms with Crippen molar-refractivity contribution >= 4 is 17.9 Å². The van der Waals surface area contributed by atoms with Crippen molar-refractivity contribution in [2.45, 2.75) is 38.1 Å². The van der Waals surface area contributed by atoms with Gasteiger partial charge in [0.25, 0.3) is 5.91 Å². The van der Waals surface area contributed by atoms with Gasteiger partial charge in [-0.3, -0.25) is 9.59 Å². The first-order chi connectivity index (χ1) is 13.2. The van der Waals surface area contributed by atoms with E-state index >= 15 is 0 Å². The van der Waals surface area contributed by atoms with Crippen LogP contribution >= 0.6 is 0 Å². The fourth-order valence-electron chi connectivity index (χ4n) is 3.57. The Labute approximate surface area is 159 Å². The number of benzene rings is 2. The van der Waals surface area contributed by atoms with E-state index in [2.05, 4.69) is 0 Å². The van der Waals surface area contributed by atoms with Gasteiger partial charge in [0, 0.05) is 11.7 Å². The van der Waals surface area contributed by atoms with Gasteiger partial charge in [0.15, 0.2) is 12.9 Å². The Morgan fingerprint density at radius 1 is 1.11 bits per heavy atom. The van der Waals surface area contributed by atoms with Crippen molar-refractivity contribution < 1.29 is 19.1 Å². The number of para-hydroxylation sites is 1. The molecule has 0 aromatic heterocycles. The standard InChI is InChI=1S/C22H25NO4/c1-26-20-12-13-21(17(14-20)15-24)27-16-22(25)23(18-8-4-2-5-9-18)19-10-6-3-7-11-19/h2,4-5,8-9,12-15,19H,3,6-7,10-11,16H2,1H3. The van der Waals surface area contributed by atoms with Crippen LogP contribution in [0.15, 0.2) is 48.5 Å². The molecule has 0 N–H and O–H groups in total. The molecule has 0 radical (unpaired) electrons. The quantitative estimate of drug-likeness (QED) is 0.687. The second kappa shape index (κ2) is 9.21. The lowest BCUT2D eigenvalue weighted by molar-refractivity contribution is -0.121. The van der Waals surface area contributed by atoms with Crippen LogP contribution in [0.2, 0.25) is 0 Å². The minimum Gasteiger partial charge on any atom is -0.497 e. The third kappa shape index (κ3) is 4.67. The lowest BCUT2D eigenvalue weighted by Crippen LogP contribution is -2.44. The molecule has 1 fully saturated rings. The minimum atomic E-state index is -0.113. The summed E-state index contributed by atoms with van der Waals surface area (Å²) >= 11 is 0. The summed E-state index contributed by atoms with van der Waals surface area (Å²) in [7, 11) is 1.54. The van der Waals surface area contributed by atoms with Crippen molar-refractivity contribution in [3.63, 3.8) is 0 Å². The Bertz CT molecular complexity index is 769. The van der Waals surface area contributed by atoms with E-state index in [1.807, 2.05) is 35.2 Å². The summed E-state index contributed by atoms with van der Waals surface area (Å²) in [6, 6.07) is 14.9. The minimum absolute atomic E-state index is 0.0965. The zero-order chi connectivity index (χ0) is 19.1. The highest BCUT2D eigenvalue weighted by Crippen LogP contribution is 2.28. The molecule has 1 aliphatic carbocycles. The molecule has 1 aliphatic rings. The van der Waals surface area contributed by atoms with E-state index in [1.165, 1.54) is 13.5 Å². The van der Waals surface area contributed by atoms with Crippen LogP contribution in [0.3, 0.4) is 0 Å². The number of carbonyl (C=O) groups is 2. The zero-order valence-corrected chi connectivity index (χ0v) is 15.6. The van der Waals surface area contributed by atoms with Gasteiger partial charge in [-0.15, -0.1) is 0 Å². The lowest BCUT2D eigenvalue weighted by atomic mass is 9.93. The van der Waals surface area contributed by atoms with Gasteiger partial charge in [0.2, 0.25) is 0 Å². The Balaban J connectivity index is 1.76. The maximum atomic E-state index is 13.0. The van der Waals surface area contributed by atoms with Crippen LogP contribution < -0.4 is 14.4 Å². The topological polar surface area (TPSA) is 55.8 Å². The smallest absolute Gasteiger partial charge is 0.265 e. The van der Waals surface area contributed by atoms with E-state index in [-0.39, 0.29) is 18.6 Å². The molecule has 1 saturated carbocycles. The van der Waals surface area contributed by atoms with Crippen molar-refractivity contribution in [2.75, 3.05) is 18.6 Å². The molecule has 3 rings (SSSR count). The largest absolute Gasteiger partial charge is 0.497 e. The monoisotopic (exact) mass is 367 g/mol. The zero-order valence-electron chi connectivity index (χ0n) is 15.6. The molecule has 0 atom stereocenters. The van der Waals surface area contributed by atoms with Crippen LogP contribution in [0.25, 0.3) is 0 Å². The molecular weight excluding hydrogens is 342 g/mol. The van der Waals surface area contributed by atoms with Crippen molar-refractivity contribution in [1.82, 2.24) is 0 Å². The number of anilines is 1. The van der Waals surface area contributed by atoms with Crippen molar-refractivity contribution in [1.29, 1.82) is 0 Å². The van der Waals surface area contributed by atoms with E-state index in [1.54, 1.807) is 18.2 Å². The first-order valence-electron chi connectivity index (χ1n) is 9.36. The summed E-state index contributed by atoms with van der Waals surface area (Å²) in [6.07, 6.45) is 6.20. The van der Waals surface area contributed by atoms with E-state index in [4.69, 9.17) is 9.47 Å². The fourth-order valence-corrected chi connectivity index (χ4v) is 3.57. The maximum Gasteiger partial charge on any atom is 0.265 e. The lowest BCUT2D eigenvalue weighted by Gasteiger charge is -2.34. The third-order valence-corrected chi connectivity index (χ3v) is 4.94. The molecule has 2 aromatic carbocycles. The number of rotatable bonds is 7. The van der Waals surface area contributed by atoms with Crippen LogP contribution in [-0.4, -0.2) is 32.0 Å². The van der Waals surface area contributed by atoms with Gasteiger partial charge in [-0.1, -0.05) is 37.5 Å². The number of nitrogens with zero attached hydrogens (tertiary/aromatic N) is 1. The normalized spacial score (nSPS) is 14.4. The molecular formula is C22H25NO4. The van der Waals surface area contributed by atoms with Crippen LogP contribution in [0.4, 0.5) is 5.69 Å². The van der Waals surface area contributed by atoms with E-state index < -0.39 is 0 Å². The van der Waals surface area contributed by atoms with Gasteiger partial charge in [0.1, 0.15) is 11.5 Å². The molecule has 0 spiro atoms. The van der Waals surface area contributed by atoms with Gasteiger partial charge in [-0.25, -0.2) is 0 Å². The summed E-state index contributed by atoms with van der Waals surface area (Å²) < 4.78 is 10.8. The number of aldehydes is 1. The summed E-state index contributed by atoms with van der Waals surface area (Å²) in [5.74, 6) is 0.862. The summed E-state index contributed by atoms with van der Waals surface area (Å²) in [5.41, 5.74) is 1.26. The Kier molecular flexibility index (Phi) is 6.47. The summed E-state index contributed by atoms with van der Waals surface area (Å²) in [5, 5.41) is 0. The highest BCUT2D eigenvalue weighted by atomic mass is 16.5. The highest BCUT2D eigenvalue weighted by molar-refractivity contribution is 5.95. The number of carbonyl (C=O) groups excluding carboxylic acids is 2. The number of hydrogen-bond donors (Lipinski definition) is 0. The van der Waals surface area contributed by atoms with Crippen LogP contribution in [0.1, 0.15) is 42.5 Å². The number of amides is 1. The van der Waals surface area contributed by atoms with Crippen LogP contribution in [0, 0.1) is 0 Å². The number of hydrogen-bond acceptors (Lipinski definition) is 4. The molecule has 0 saturated heterocycles. The van der Waals surface area contributed by atoms with E-state index in [0.29, 0.717) is 23.3 Å². The van der Waals surface area contributed by atoms with E-state index in [9.17, 15) is 9.59 Å². The maximum absolute atomic E-state index is 13.0. The molecule has 1 amide bonds. The fraction of sp³-hybridized carbons (Fsp3) is 0.364. The molecule has 0 aliphatic heterocycles. The van der Waals surface area contributed by atoms with Gasteiger partial charge in [-0.05, 0) is 43.2 Å². The molecule has 27 heavy (non-hydrogen) atoms. The Morgan fingerprint density at radius 2 is 1.85 bits per heavy atom. The van der Waals surface area contributed by atoms with Crippen molar-refractivity contribution in [3.8, 4) is 11.5 Å². The molecule has 2 aromatic rings. The second-order valence-corrected chi connectivity index (χ2v) is 6.70. The molecule has 142 valence electrons. The van der Waals surface area contributed by atoms with Gasteiger partial charge in [-0.2, -0.15) is 0 Å². The Morgan fingerprint density at radius 3 is 2.52 bits per heavy atom. The number of methoxy groups -OCH3 is 1. The summed E-state index contributed by atoms with van der Waals surface area (Å²) in [6.45, 7) is -0.113. The molecule has 5 nitrogen and oxygen atoms in total. The first kappa shape index (κ1) is 19.0. The average molecular weight is 367 g/mol. The van der Waals surface area contributed by atoms with Gasteiger partial charge in [0.05, 0.1) is 12.7 Å². The van der Waals surface area contributed by atoms with Crippen molar-refractivity contribution in [2.24, 2.45) is 0 Å². The second-order valence-electron chi connectivity index (χ2n) is 6.70. The van der Waals surface area contributed by atoms with E-state index in [0.717, 1.165) is 31.4 Å². The SMILES string of the molecule is COc1ccc(OCC(=O)N(c2ccccc2)C2CCCCC2)c(C=O)c1.